The second-order valence-electron chi connectivity index (χ2n) is 7.36. The minimum Gasteiger partial charge on any atom is -0.341 e. The first-order valence-electron chi connectivity index (χ1n) is 9.65. The van der Waals surface area contributed by atoms with Crippen molar-refractivity contribution in [3.8, 4) is 0 Å². The van der Waals surface area contributed by atoms with Crippen LogP contribution in [0, 0.1) is 5.92 Å². The molecule has 1 saturated carbocycles. The average Bonchev–Trinajstić information content (AvgIpc) is 3.11. The van der Waals surface area contributed by atoms with Gasteiger partial charge in [-0.1, -0.05) is 18.9 Å². The molecule has 2 aromatic rings. The van der Waals surface area contributed by atoms with Gasteiger partial charge in [0.25, 0.3) is 5.91 Å². The standard InChI is InChI=1S/C21H25N3O2/c25-20(16-5-1-2-6-16)23-11-4-12-24(14-13-23)21(26)18-8-9-19-17(15-18)7-3-10-22-19/h3,7-10,15-16H,1-2,4-6,11-14H2. The van der Waals surface area contributed by atoms with Gasteiger partial charge >= 0.3 is 0 Å². The Hall–Kier alpha value is -2.43. The summed E-state index contributed by atoms with van der Waals surface area (Å²) in [6, 6.07) is 9.52. The van der Waals surface area contributed by atoms with E-state index in [2.05, 4.69) is 4.98 Å². The highest BCUT2D eigenvalue weighted by molar-refractivity contribution is 5.98. The van der Waals surface area contributed by atoms with Crippen molar-refractivity contribution >= 4 is 22.7 Å². The lowest BCUT2D eigenvalue weighted by molar-refractivity contribution is -0.135. The Bertz CT molecular complexity index is 814. The first-order valence-corrected chi connectivity index (χ1v) is 9.65. The smallest absolute Gasteiger partial charge is 0.253 e. The molecule has 26 heavy (non-hydrogen) atoms. The minimum absolute atomic E-state index is 0.0471. The molecular weight excluding hydrogens is 326 g/mol. The predicted molar refractivity (Wildman–Crippen MR) is 101 cm³/mol. The van der Waals surface area contributed by atoms with Crippen molar-refractivity contribution in [3.05, 3.63) is 42.1 Å². The van der Waals surface area contributed by atoms with Gasteiger partial charge in [0, 0.05) is 49.2 Å². The van der Waals surface area contributed by atoms with E-state index in [-0.39, 0.29) is 11.8 Å². The number of benzene rings is 1. The van der Waals surface area contributed by atoms with Gasteiger partial charge in [-0.15, -0.1) is 0 Å². The summed E-state index contributed by atoms with van der Waals surface area (Å²) in [4.78, 5) is 33.8. The summed E-state index contributed by atoms with van der Waals surface area (Å²) in [6.45, 7) is 2.73. The summed E-state index contributed by atoms with van der Waals surface area (Å²) in [5.74, 6) is 0.560. The fourth-order valence-corrected chi connectivity index (χ4v) is 4.16. The van der Waals surface area contributed by atoms with Crippen molar-refractivity contribution in [1.29, 1.82) is 0 Å². The number of fused-ring (bicyclic) bond motifs is 1. The summed E-state index contributed by atoms with van der Waals surface area (Å²) >= 11 is 0. The van der Waals surface area contributed by atoms with Crippen LogP contribution in [-0.2, 0) is 4.79 Å². The highest BCUT2D eigenvalue weighted by Crippen LogP contribution is 2.27. The van der Waals surface area contributed by atoms with E-state index in [0.717, 1.165) is 36.7 Å². The summed E-state index contributed by atoms with van der Waals surface area (Å²) in [5, 5.41) is 0.978. The highest BCUT2D eigenvalue weighted by atomic mass is 16.2. The number of amides is 2. The Morgan fingerprint density at radius 2 is 1.69 bits per heavy atom. The van der Waals surface area contributed by atoms with Crippen molar-refractivity contribution in [3.63, 3.8) is 0 Å². The van der Waals surface area contributed by atoms with Crippen LogP contribution in [0.15, 0.2) is 36.5 Å². The van der Waals surface area contributed by atoms with Gasteiger partial charge < -0.3 is 9.80 Å². The zero-order valence-electron chi connectivity index (χ0n) is 15.1. The maximum Gasteiger partial charge on any atom is 0.253 e. The van der Waals surface area contributed by atoms with Gasteiger partial charge in [0.05, 0.1) is 5.52 Å². The molecule has 0 atom stereocenters. The molecule has 1 saturated heterocycles. The van der Waals surface area contributed by atoms with Gasteiger partial charge in [0.15, 0.2) is 0 Å². The molecule has 4 rings (SSSR count). The van der Waals surface area contributed by atoms with Gasteiger partial charge in [0.1, 0.15) is 0 Å². The first-order chi connectivity index (χ1) is 12.7. The zero-order valence-corrected chi connectivity index (χ0v) is 15.1. The van der Waals surface area contributed by atoms with Crippen LogP contribution < -0.4 is 0 Å². The lowest BCUT2D eigenvalue weighted by Crippen LogP contribution is -2.39. The van der Waals surface area contributed by atoms with E-state index in [1.54, 1.807) is 6.20 Å². The lowest BCUT2D eigenvalue weighted by atomic mass is 10.1. The number of hydrogen-bond acceptors (Lipinski definition) is 3. The highest BCUT2D eigenvalue weighted by Gasteiger charge is 2.29. The summed E-state index contributed by atoms with van der Waals surface area (Å²) in [5.41, 5.74) is 1.59. The molecule has 0 radical (unpaired) electrons. The van der Waals surface area contributed by atoms with E-state index in [4.69, 9.17) is 0 Å². The molecule has 0 unspecified atom stereocenters. The molecule has 2 aliphatic rings. The van der Waals surface area contributed by atoms with E-state index in [9.17, 15) is 9.59 Å². The minimum atomic E-state index is 0.0471. The molecule has 2 amide bonds. The van der Waals surface area contributed by atoms with E-state index in [0.29, 0.717) is 31.1 Å². The lowest BCUT2D eigenvalue weighted by Gasteiger charge is -2.24. The molecular formula is C21H25N3O2. The van der Waals surface area contributed by atoms with E-state index < -0.39 is 0 Å². The molecule has 136 valence electrons. The third-order valence-electron chi connectivity index (χ3n) is 5.65. The molecule has 2 fully saturated rings. The van der Waals surface area contributed by atoms with Crippen LogP contribution in [-0.4, -0.2) is 52.8 Å². The van der Waals surface area contributed by atoms with Gasteiger partial charge in [0.2, 0.25) is 5.91 Å². The predicted octanol–water partition coefficient (Wildman–Crippen LogP) is 3.10. The second-order valence-corrected chi connectivity index (χ2v) is 7.36. The van der Waals surface area contributed by atoms with Crippen LogP contribution in [0.2, 0.25) is 0 Å². The van der Waals surface area contributed by atoms with Crippen LogP contribution >= 0.6 is 0 Å². The summed E-state index contributed by atoms with van der Waals surface area (Å²) < 4.78 is 0. The Morgan fingerprint density at radius 3 is 2.54 bits per heavy atom. The molecule has 2 heterocycles. The molecule has 1 aliphatic carbocycles. The molecule has 5 heteroatoms. The van der Waals surface area contributed by atoms with Crippen LogP contribution in [0.4, 0.5) is 0 Å². The molecule has 1 aliphatic heterocycles. The Labute approximate surface area is 154 Å². The van der Waals surface area contributed by atoms with Gasteiger partial charge in [-0.2, -0.15) is 0 Å². The fraction of sp³-hybridized carbons (Fsp3) is 0.476. The van der Waals surface area contributed by atoms with Crippen LogP contribution in [0.1, 0.15) is 42.5 Å². The molecule has 5 nitrogen and oxygen atoms in total. The quantitative estimate of drug-likeness (QED) is 0.835. The number of carbonyl (C=O) groups is 2. The average molecular weight is 351 g/mol. The summed E-state index contributed by atoms with van der Waals surface area (Å²) in [7, 11) is 0. The number of hydrogen-bond donors (Lipinski definition) is 0. The van der Waals surface area contributed by atoms with Crippen LogP contribution in [0.5, 0.6) is 0 Å². The SMILES string of the molecule is O=C(c1ccc2ncccc2c1)N1CCCN(C(=O)C2CCCC2)CC1. The normalized spacial score (nSPS) is 18.9. The number of rotatable bonds is 2. The Kier molecular flexibility index (Phi) is 4.87. The van der Waals surface area contributed by atoms with Crippen molar-refractivity contribution in [2.24, 2.45) is 5.92 Å². The maximum absolute atomic E-state index is 12.9. The maximum atomic E-state index is 12.9. The zero-order chi connectivity index (χ0) is 17.9. The second kappa shape index (κ2) is 7.44. The van der Waals surface area contributed by atoms with Gasteiger partial charge in [-0.3, -0.25) is 14.6 Å². The summed E-state index contributed by atoms with van der Waals surface area (Å²) in [6.07, 6.45) is 7.01. The van der Waals surface area contributed by atoms with E-state index >= 15 is 0 Å². The fourth-order valence-electron chi connectivity index (χ4n) is 4.16. The Morgan fingerprint density at radius 1 is 0.923 bits per heavy atom. The molecule has 0 N–H and O–H groups in total. The number of nitrogens with zero attached hydrogens (tertiary/aromatic N) is 3. The van der Waals surface area contributed by atoms with E-state index in [1.165, 1.54) is 12.8 Å². The van der Waals surface area contributed by atoms with Crippen molar-refractivity contribution in [1.82, 2.24) is 14.8 Å². The van der Waals surface area contributed by atoms with Crippen LogP contribution in [0.3, 0.4) is 0 Å². The molecule has 1 aromatic heterocycles. The third-order valence-corrected chi connectivity index (χ3v) is 5.65. The van der Waals surface area contributed by atoms with Gasteiger partial charge in [-0.25, -0.2) is 0 Å². The van der Waals surface area contributed by atoms with E-state index in [1.807, 2.05) is 40.1 Å². The number of carbonyl (C=O) groups excluding carboxylic acids is 2. The van der Waals surface area contributed by atoms with Crippen LogP contribution in [0.25, 0.3) is 10.9 Å². The van der Waals surface area contributed by atoms with Crippen molar-refractivity contribution in [2.45, 2.75) is 32.1 Å². The Balaban J connectivity index is 1.44. The van der Waals surface area contributed by atoms with Crippen molar-refractivity contribution in [2.75, 3.05) is 26.2 Å². The largest absolute Gasteiger partial charge is 0.341 e. The number of aromatic nitrogens is 1. The molecule has 0 bridgehead atoms. The number of pyridine rings is 1. The van der Waals surface area contributed by atoms with Gasteiger partial charge in [-0.05, 0) is 43.5 Å². The topological polar surface area (TPSA) is 53.5 Å². The molecule has 0 spiro atoms. The monoisotopic (exact) mass is 351 g/mol. The first kappa shape index (κ1) is 17.0. The van der Waals surface area contributed by atoms with Crippen molar-refractivity contribution < 1.29 is 9.59 Å². The third kappa shape index (κ3) is 3.43. The molecule has 1 aromatic carbocycles.